The average molecular weight is 245 g/mol. The normalized spacial score (nSPS) is 18.7. The Labute approximate surface area is 105 Å². The third kappa shape index (κ3) is 1.68. The largest absolute Gasteiger partial charge is 0.383 e. The van der Waals surface area contributed by atoms with Crippen LogP contribution in [0.5, 0.6) is 0 Å². The minimum Gasteiger partial charge on any atom is -0.383 e. The predicted molar refractivity (Wildman–Crippen MR) is 69.7 cm³/mol. The standard InChI is InChI=1S/C14H16FN3/c1-9-4-3-7-18-13(16)12(17-14(9)18)10-5-2-6-11(15)8-10/h2,5-6,8-9H,3-4,7,16H2,1H3. The zero-order valence-corrected chi connectivity index (χ0v) is 10.4. The predicted octanol–water partition coefficient (Wildman–Crippen LogP) is 3.17. The van der Waals surface area contributed by atoms with E-state index in [-0.39, 0.29) is 5.82 Å². The summed E-state index contributed by atoms with van der Waals surface area (Å²) in [6.45, 7) is 3.07. The van der Waals surface area contributed by atoms with Crippen LogP contribution in [-0.4, -0.2) is 9.55 Å². The zero-order valence-electron chi connectivity index (χ0n) is 10.4. The Balaban J connectivity index is 2.14. The SMILES string of the molecule is CC1CCCn2c1nc(-c1cccc(F)c1)c2N. The summed E-state index contributed by atoms with van der Waals surface area (Å²) >= 11 is 0. The summed E-state index contributed by atoms with van der Waals surface area (Å²) in [6.07, 6.45) is 2.26. The number of nitrogens with two attached hydrogens (primary N) is 1. The van der Waals surface area contributed by atoms with E-state index in [2.05, 4.69) is 16.5 Å². The fourth-order valence-corrected chi connectivity index (χ4v) is 2.63. The smallest absolute Gasteiger partial charge is 0.131 e. The number of aromatic nitrogens is 2. The molecular weight excluding hydrogens is 229 g/mol. The minimum atomic E-state index is -0.258. The van der Waals surface area contributed by atoms with Gasteiger partial charge in [0.05, 0.1) is 0 Å². The van der Waals surface area contributed by atoms with Crippen LogP contribution >= 0.6 is 0 Å². The van der Waals surface area contributed by atoms with E-state index in [1.807, 2.05) is 6.07 Å². The quantitative estimate of drug-likeness (QED) is 0.838. The molecule has 1 aromatic heterocycles. The van der Waals surface area contributed by atoms with Crippen molar-refractivity contribution in [3.8, 4) is 11.3 Å². The van der Waals surface area contributed by atoms with Gasteiger partial charge >= 0.3 is 0 Å². The molecule has 3 rings (SSSR count). The van der Waals surface area contributed by atoms with Crippen molar-refractivity contribution in [2.24, 2.45) is 0 Å². The van der Waals surface area contributed by atoms with Crippen LogP contribution in [0.3, 0.4) is 0 Å². The van der Waals surface area contributed by atoms with Gasteiger partial charge in [-0.1, -0.05) is 19.1 Å². The van der Waals surface area contributed by atoms with E-state index >= 15 is 0 Å². The lowest BCUT2D eigenvalue weighted by Crippen LogP contribution is -2.15. The van der Waals surface area contributed by atoms with E-state index in [4.69, 9.17) is 5.73 Å². The molecule has 94 valence electrons. The number of anilines is 1. The highest BCUT2D eigenvalue weighted by Gasteiger charge is 2.23. The number of nitrogens with zero attached hydrogens (tertiary/aromatic N) is 2. The van der Waals surface area contributed by atoms with Gasteiger partial charge in [0.1, 0.15) is 23.2 Å². The molecule has 1 aromatic carbocycles. The van der Waals surface area contributed by atoms with Crippen LogP contribution in [-0.2, 0) is 6.54 Å². The molecule has 0 saturated carbocycles. The second kappa shape index (κ2) is 4.12. The first-order valence-corrected chi connectivity index (χ1v) is 6.28. The Hall–Kier alpha value is -1.84. The fraction of sp³-hybridized carbons (Fsp3) is 0.357. The van der Waals surface area contributed by atoms with Crippen molar-refractivity contribution in [2.45, 2.75) is 32.2 Å². The Morgan fingerprint density at radius 1 is 1.44 bits per heavy atom. The summed E-state index contributed by atoms with van der Waals surface area (Å²) in [5.41, 5.74) is 7.60. The first-order chi connectivity index (χ1) is 8.66. The van der Waals surface area contributed by atoms with Crippen LogP contribution in [0, 0.1) is 5.82 Å². The summed E-state index contributed by atoms with van der Waals surface area (Å²) < 4.78 is 15.3. The fourth-order valence-electron chi connectivity index (χ4n) is 2.63. The third-order valence-electron chi connectivity index (χ3n) is 3.59. The number of hydrogen-bond donors (Lipinski definition) is 1. The highest BCUT2D eigenvalue weighted by molar-refractivity contribution is 5.71. The van der Waals surface area contributed by atoms with Crippen molar-refractivity contribution in [3.63, 3.8) is 0 Å². The number of imidazole rings is 1. The maximum Gasteiger partial charge on any atom is 0.131 e. The first kappa shape index (κ1) is 11.3. The summed E-state index contributed by atoms with van der Waals surface area (Å²) in [5.74, 6) is 1.84. The van der Waals surface area contributed by atoms with Gasteiger partial charge in [0.15, 0.2) is 0 Å². The first-order valence-electron chi connectivity index (χ1n) is 6.28. The molecule has 3 nitrogen and oxygen atoms in total. The number of halogens is 1. The number of fused-ring (bicyclic) bond motifs is 1. The monoisotopic (exact) mass is 245 g/mol. The molecule has 18 heavy (non-hydrogen) atoms. The maximum atomic E-state index is 13.3. The summed E-state index contributed by atoms with van der Waals surface area (Å²) in [6, 6.07) is 6.44. The molecule has 0 amide bonds. The van der Waals surface area contributed by atoms with Gasteiger partial charge in [0.2, 0.25) is 0 Å². The Morgan fingerprint density at radius 2 is 2.28 bits per heavy atom. The van der Waals surface area contributed by atoms with Gasteiger partial charge in [-0.25, -0.2) is 9.37 Å². The van der Waals surface area contributed by atoms with Crippen LogP contribution in [0.25, 0.3) is 11.3 Å². The van der Waals surface area contributed by atoms with Crippen molar-refractivity contribution in [1.29, 1.82) is 0 Å². The average Bonchev–Trinajstić information content (AvgIpc) is 2.69. The molecule has 0 aliphatic carbocycles. The molecule has 0 saturated heterocycles. The lowest BCUT2D eigenvalue weighted by Gasteiger charge is -2.20. The van der Waals surface area contributed by atoms with Crippen molar-refractivity contribution in [1.82, 2.24) is 9.55 Å². The van der Waals surface area contributed by atoms with E-state index < -0.39 is 0 Å². The van der Waals surface area contributed by atoms with Gasteiger partial charge in [0.25, 0.3) is 0 Å². The Morgan fingerprint density at radius 3 is 3.00 bits per heavy atom. The minimum absolute atomic E-state index is 0.258. The number of rotatable bonds is 1. The molecule has 1 unspecified atom stereocenters. The van der Waals surface area contributed by atoms with Crippen molar-refractivity contribution >= 4 is 5.82 Å². The van der Waals surface area contributed by atoms with E-state index in [0.717, 1.165) is 30.8 Å². The van der Waals surface area contributed by atoms with Gasteiger partial charge in [-0.2, -0.15) is 0 Å². The number of hydrogen-bond acceptors (Lipinski definition) is 2. The molecule has 0 fully saturated rings. The van der Waals surface area contributed by atoms with Crippen molar-refractivity contribution in [3.05, 3.63) is 35.9 Å². The van der Waals surface area contributed by atoms with Gasteiger partial charge in [-0.3, -0.25) is 0 Å². The van der Waals surface area contributed by atoms with Crippen molar-refractivity contribution < 1.29 is 4.39 Å². The van der Waals surface area contributed by atoms with Crippen LogP contribution in [0.15, 0.2) is 24.3 Å². The Bertz CT molecular complexity index is 589. The van der Waals surface area contributed by atoms with Crippen LogP contribution in [0.1, 0.15) is 31.5 Å². The molecule has 2 aromatic rings. The van der Waals surface area contributed by atoms with E-state index in [0.29, 0.717) is 17.4 Å². The van der Waals surface area contributed by atoms with Crippen LogP contribution in [0.2, 0.25) is 0 Å². The van der Waals surface area contributed by atoms with Crippen LogP contribution < -0.4 is 5.73 Å². The van der Waals surface area contributed by atoms with E-state index in [1.54, 1.807) is 6.07 Å². The highest BCUT2D eigenvalue weighted by Crippen LogP contribution is 2.34. The van der Waals surface area contributed by atoms with Gasteiger partial charge in [0, 0.05) is 18.0 Å². The van der Waals surface area contributed by atoms with Gasteiger partial charge in [-0.05, 0) is 25.0 Å². The molecule has 2 heterocycles. The highest BCUT2D eigenvalue weighted by atomic mass is 19.1. The van der Waals surface area contributed by atoms with Crippen LogP contribution in [0.4, 0.5) is 10.2 Å². The van der Waals surface area contributed by atoms with Crippen molar-refractivity contribution in [2.75, 3.05) is 5.73 Å². The molecule has 1 atom stereocenters. The summed E-state index contributed by atoms with van der Waals surface area (Å²) in [5, 5.41) is 0. The molecule has 0 spiro atoms. The molecule has 0 bridgehead atoms. The summed E-state index contributed by atoms with van der Waals surface area (Å²) in [7, 11) is 0. The molecule has 1 aliphatic heterocycles. The molecule has 1 aliphatic rings. The second-order valence-corrected chi connectivity index (χ2v) is 4.91. The number of nitrogen functional groups attached to an aromatic ring is 1. The Kier molecular flexibility index (Phi) is 2.58. The lowest BCUT2D eigenvalue weighted by atomic mass is 10.0. The second-order valence-electron chi connectivity index (χ2n) is 4.91. The molecule has 2 N–H and O–H groups in total. The zero-order chi connectivity index (χ0) is 12.7. The molecular formula is C14H16FN3. The van der Waals surface area contributed by atoms with Gasteiger partial charge < -0.3 is 10.3 Å². The maximum absolute atomic E-state index is 13.3. The lowest BCUT2D eigenvalue weighted by molar-refractivity contribution is 0.467. The third-order valence-corrected chi connectivity index (χ3v) is 3.59. The number of benzene rings is 1. The molecule has 0 radical (unpaired) electrons. The summed E-state index contributed by atoms with van der Waals surface area (Å²) in [4.78, 5) is 4.61. The molecule has 4 heteroatoms. The van der Waals surface area contributed by atoms with E-state index in [1.165, 1.54) is 12.1 Å². The van der Waals surface area contributed by atoms with Gasteiger partial charge in [-0.15, -0.1) is 0 Å². The topological polar surface area (TPSA) is 43.8 Å². The van der Waals surface area contributed by atoms with E-state index in [9.17, 15) is 4.39 Å².